The number of nitrogens with zero attached hydrogens (tertiary/aromatic N) is 1. The molecular weight excluding hydrogens is 750 g/mol. The Balaban J connectivity index is 1.65. The van der Waals surface area contributed by atoms with E-state index in [2.05, 4.69) is 0 Å². The van der Waals surface area contributed by atoms with Gasteiger partial charge in [-0.15, -0.1) is 0 Å². The van der Waals surface area contributed by atoms with Gasteiger partial charge in [-0.25, -0.2) is 0 Å². The maximum absolute atomic E-state index is 13.3. The number of aldehydes is 1. The molecule has 4 rings (SSSR count). The maximum Gasteiger partial charge on any atom is 0.309 e. The lowest BCUT2D eigenvalue weighted by molar-refractivity contribution is -0.344. The van der Waals surface area contributed by atoms with Crippen LogP contribution < -0.4 is 0 Å². The highest BCUT2D eigenvalue weighted by atomic mass is 16.7. The Morgan fingerprint density at radius 1 is 0.982 bits per heavy atom. The predicted octanol–water partition coefficient (Wildman–Crippen LogP) is 1.59. The van der Waals surface area contributed by atoms with Crippen molar-refractivity contribution in [3.8, 4) is 0 Å². The molecule has 0 unspecified atom stereocenters. The molecule has 0 aromatic heterocycles. The van der Waals surface area contributed by atoms with Gasteiger partial charge in [0, 0.05) is 39.7 Å². The SMILES string of the molecule is CCC(=O)O[C@H]1[C@H](C)O[C@@H](O[C@H]2[C@H](N(C)C)[C@@H](O)[C@H](O[C@H]3[C@@H](CC=O)C[C@@H](C)[C@@H](O)/C=C/[C@@H]4O[C@H]4C[C@@H](C)OC(=O)C[C@@H](OC(C)=O)[C@@H]3OC)O[C@@H]2C)C[C@@]1(C)O. The van der Waals surface area contributed by atoms with Gasteiger partial charge in [0.2, 0.25) is 0 Å². The number of aliphatic hydroxyl groups excluding tert-OH is 2. The average Bonchev–Trinajstić information content (AvgIpc) is 3.86. The molecule has 0 aromatic rings. The monoisotopic (exact) mass is 815 g/mol. The molecule has 0 aliphatic carbocycles. The van der Waals surface area contributed by atoms with Gasteiger partial charge in [-0.1, -0.05) is 26.0 Å². The summed E-state index contributed by atoms with van der Waals surface area (Å²) in [6.45, 7) is 11.4. The van der Waals surface area contributed by atoms with Crippen LogP contribution in [0.25, 0.3) is 0 Å². The molecule has 57 heavy (non-hydrogen) atoms. The van der Waals surface area contributed by atoms with E-state index < -0.39 is 121 Å². The third kappa shape index (κ3) is 12.5. The van der Waals surface area contributed by atoms with E-state index in [1.54, 1.807) is 65.8 Å². The number of likely N-dealkylation sites (N-methyl/N-ethyl adjacent to an activating group) is 1. The number of ether oxygens (including phenoxy) is 9. The third-order valence-corrected chi connectivity index (χ3v) is 11.3. The normalized spacial score (nSPS) is 44.0. The lowest BCUT2D eigenvalue weighted by Gasteiger charge is -2.50. The molecular formula is C40H65NO16. The van der Waals surface area contributed by atoms with E-state index in [9.17, 15) is 34.5 Å². The highest BCUT2D eigenvalue weighted by Crippen LogP contribution is 2.38. The lowest BCUT2D eigenvalue weighted by atomic mass is 9.82. The molecule has 0 spiro atoms. The topological polar surface area (TPSA) is 219 Å². The molecule has 3 fully saturated rings. The zero-order valence-corrected chi connectivity index (χ0v) is 34.9. The van der Waals surface area contributed by atoms with Crippen molar-refractivity contribution in [2.45, 2.75) is 184 Å². The molecule has 0 bridgehead atoms. The highest BCUT2D eigenvalue weighted by molar-refractivity contribution is 5.72. The molecule has 0 aromatic carbocycles. The van der Waals surface area contributed by atoms with Crippen LogP contribution in [0.2, 0.25) is 0 Å². The Labute approximate surface area is 335 Å². The summed E-state index contributed by atoms with van der Waals surface area (Å²) in [5.74, 6) is -2.95. The number of rotatable bonds is 11. The van der Waals surface area contributed by atoms with Gasteiger partial charge < -0.3 is 67.6 Å². The average molecular weight is 816 g/mol. The van der Waals surface area contributed by atoms with Crippen molar-refractivity contribution >= 4 is 24.2 Å². The number of carbonyl (C=O) groups excluding carboxylic acids is 4. The number of carbonyl (C=O) groups is 4. The van der Waals surface area contributed by atoms with Gasteiger partial charge >= 0.3 is 17.9 Å². The van der Waals surface area contributed by atoms with E-state index in [1.165, 1.54) is 14.0 Å². The number of epoxide rings is 1. The standard InChI is InChI=1S/C40H65NO16/c1-11-30(45)55-38-23(5)51-32(19-40(38,7)48)56-35-22(4)52-39(34(47)33(35)41(8)9)57-36-25(14-15-42)16-20(2)26(44)12-13-27-28(54-27)17-21(3)50-31(46)18-29(37(36)49-10)53-24(6)43/h12-13,15,20-23,25-29,32-39,44,47-48H,11,14,16-19H2,1-10H3/b13-12+/t20-,21-,22-,23+,25+,26+,27+,28+,29-,32+,33-,34-,35-,36+,37+,38+,39+,40-/m1/s1. The van der Waals surface area contributed by atoms with E-state index in [-0.39, 0.29) is 37.9 Å². The first-order valence-electron chi connectivity index (χ1n) is 20.0. The second-order valence-electron chi connectivity index (χ2n) is 16.4. The van der Waals surface area contributed by atoms with Gasteiger partial charge in [0.05, 0.1) is 43.0 Å². The highest BCUT2D eigenvalue weighted by Gasteiger charge is 2.53. The third-order valence-electron chi connectivity index (χ3n) is 11.3. The van der Waals surface area contributed by atoms with Gasteiger partial charge in [0.1, 0.15) is 48.5 Å². The van der Waals surface area contributed by atoms with Crippen molar-refractivity contribution in [1.82, 2.24) is 4.90 Å². The number of esters is 3. The summed E-state index contributed by atoms with van der Waals surface area (Å²) < 4.78 is 54.1. The van der Waals surface area contributed by atoms with Crippen molar-refractivity contribution < 1.29 is 77.1 Å². The molecule has 4 aliphatic heterocycles. The van der Waals surface area contributed by atoms with E-state index in [0.29, 0.717) is 12.7 Å². The van der Waals surface area contributed by atoms with Gasteiger partial charge in [0.15, 0.2) is 18.7 Å². The number of fused-ring (bicyclic) bond motifs is 1. The van der Waals surface area contributed by atoms with Crippen LogP contribution in [0, 0.1) is 11.8 Å². The molecule has 0 radical (unpaired) electrons. The second-order valence-corrected chi connectivity index (χ2v) is 16.4. The fourth-order valence-corrected chi connectivity index (χ4v) is 8.32. The molecule has 17 heteroatoms. The minimum Gasteiger partial charge on any atom is -0.462 e. The second kappa shape index (κ2) is 20.6. The Morgan fingerprint density at radius 3 is 2.28 bits per heavy atom. The van der Waals surface area contributed by atoms with Crippen LogP contribution in [0.1, 0.15) is 87.0 Å². The van der Waals surface area contributed by atoms with Gasteiger partial charge in [0.25, 0.3) is 0 Å². The van der Waals surface area contributed by atoms with Crippen molar-refractivity contribution in [2.24, 2.45) is 11.8 Å². The van der Waals surface area contributed by atoms with Crippen molar-refractivity contribution in [3.63, 3.8) is 0 Å². The van der Waals surface area contributed by atoms with Crippen LogP contribution >= 0.6 is 0 Å². The molecule has 0 amide bonds. The minimum atomic E-state index is -1.49. The number of hydrogen-bond acceptors (Lipinski definition) is 17. The lowest BCUT2D eigenvalue weighted by Crippen LogP contribution is -2.66. The molecule has 17 nitrogen and oxygen atoms in total. The van der Waals surface area contributed by atoms with E-state index >= 15 is 0 Å². The Morgan fingerprint density at radius 2 is 1.68 bits per heavy atom. The molecule has 0 saturated carbocycles. The fourth-order valence-electron chi connectivity index (χ4n) is 8.32. The summed E-state index contributed by atoms with van der Waals surface area (Å²) in [5.41, 5.74) is -1.49. The van der Waals surface area contributed by atoms with Crippen LogP contribution in [0.3, 0.4) is 0 Å². The van der Waals surface area contributed by atoms with Gasteiger partial charge in [-0.2, -0.15) is 0 Å². The Kier molecular flexibility index (Phi) is 17.0. The number of methoxy groups -OCH3 is 1. The van der Waals surface area contributed by atoms with Gasteiger partial charge in [-0.05, 0) is 60.0 Å². The zero-order chi connectivity index (χ0) is 42.4. The van der Waals surface area contributed by atoms with Crippen molar-refractivity contribution in [3.05, 3.63) is 12.2 Å². The molecule has 3 N–H and O–H groups in total. The summed E-state index contributed by atoms with van der Waals surface area (Å²) in [7, 11) is 4.84. The number of cyclic esters (lactones) is 1. The van der Waals surface area contributed by atoms with E-state index in [1.807, 2.05) is 6.92 Å². The van der Waals surface area contributed by atoms with Crippen LogP contribution in [0.4, 0.5) is 0 Å². The van der Waals surface area contributed by atoms with Crippen LogP contribution in [0.5, 0.6) is 0 Å². The molecule has 3 saturated heterocycles. The summed E-state index contributed by atoms with van der Waals surface area (Å²) in [6, 6.07) is -0.782. The number of aliphatic hydroxyl groups is 3. The summed E-state index contributed by atoms with van der Waals surface area (Å²) in [4.78, 5) is 51.9. The smallest absolute Gasteiger partial charge is 0.309 e. The Bertz CT molecular complexity index is 1380. The quantitative estimate of drug-likeness (QED) is 0.0887. The van der Waals surface area contributed by atoms with E-state index in [0.717, 1.165) is 0 Å². The minimum absolute atomic E-state index is 0.0460. The molecule has 4 aliphatic rings. The molecule has 4 heterocycles. The summed E-state index contributed by atoms with van der Waals surface area (Å²) in [5, 5.41) is 34.5. The maximum atomic E-state index is 13.3. The van der Waals surface area contributed by atoms with Crippen LogP contribution in [-0.2, 0) is 61.8 Å². The first-order valence-corrected chi connectivity index (χ1v) is 20.0. The van der Waals surface area contributed by atoms with E-state index in [4.69, 9.17) is 42.6 Å². The predicted molar refractivity (Wildman–Crippen MR) is 200 cm³/mol. The molecule has 18 atom stereocenters. The zero-order valence-electron chi connectivity index (χ0n) is 34.9. The largest absolute Gasteiger partial charge is 0.462 e. The van der Waals surface area contributed by atoms with Crippen molar-refractivity contribution in [1.29, 1.82) is 0 Å². The molecule has 326 valence electrons. The van der Waals surface area contributed by atoms with Crippen LogP contribution in [-0.4, -0.2) is 163 Å². The van der Waals surface area contributed by atoms with Gasteiger partial charge in [-0.3, -0.25) is 14.4 Å². The van der Waals surface area contributed by atoms with Crippen molar-refractivity contribution in [2.75, 3.05) is 21.2 Å². The Hall–Kier alpha value is -2.58. The first-order chi connectivity index (χ1) is 26.8. The fraction of sp³-hybridized carbons (Fsp3) is 0.850. The summed E-state index contributed by atoms with van der Waals surface area (Å²) in [6.07, 6.45) is -8.10. The van der Waals surface area contributed by atoms with Crippen LogP contribution in [0.15, 0.2) is 12.2 Å². The summed E-state index contributed by atoms with van der Waals surface area (Å²) >= 11 is 0. The number of hydrogen-bond donors (Lipinski definition) is 3. The first kappa shape index (κ1) is 47.1.